The molecular formula is C28H31ClN4O5S2. The number of nitrogens with one attached hydrogen (secondary N) is 2. The maximum atomic E-state index is 13.8. The van der Waals surface area contributed by atoms with E-state index in [2.05, 4.69) is 10.0 Å². The average Bonchev–Trinajstić information content (AvgIpc) is 3.63. The molecule has 2 aliphatic rings. The Morgan fingerprint density at radius 3 is 2.33 bits per heavy atom. The SMILES string of the molecule is CC(C)(C)C(NC(=O)c1cc2ccccc2s1)C(=O)N1C[C@@H]2C[C@H]1CN2C(=O)CNS(=O)(=O)c1ccccc1Cl. The van der Waals surface area contributed by atoms with Crippen molar-refractivity contribution in [2.45, 2.75) is 50.2 Å². The maximum absolute atomic E-state index is 13.8. The van der Waals surface area contributed by atoms with Gasteiger partial charge in [0.2, 0.25) is 21.8 Å². The van der Waals surface area contributed by atoms with Crippen LogP contribution >= 0.6 is 22.9 Å². The summed E-state index contributed by atoms with van der Waals surface area (Å²) in [5.74, 6) is -0.830. The number of carbonyl (C=O) groups is 3. The molecule has 3 atom stereocenters. The van der Waals surface area contributed by atoms with E-state index >= 15 is 0 Å². The van der Waals surface area contributed by atoms with Crippen molar-refractivity contribution in [2.75, 3.05) is 19.6 Å². The normalized spacial score (nSPS) is 19.7. The third kappa shape index (κ3) is 5.60. The van der Waals surface area contributed by atoms with Crippen molar-refractivity contribution in [3.8, 4) is 0 Å². The number of fused-ring (bicyclic) bond motifs is 3. The van der Waals surface area contributed by atoms with Crippen molar-refractivity contribution < 1.29 is 22.8 Å². The van der Waals surface area contributed by atoms with Gasteiger partial charge in [0.15, 0.2) is 0 Å². The molecule has 1 aromatic heterocycles. The number of likely N-dealkylation sites (tertiary alicyclic amines) is 2. The highest BCUT2D eigenvalue weighted by Crippen LogP contribution is 2.34. The standard InChI is InChI=1S/C28H31ClN4O5S2/c1-28(2,3)25(31-26(35)22-12-17-8-4-6-10-21(17)39-22)27(36)33-16-18-13-19(33)15-32(18)24(34)14-30-40(37,38)23-11-7-5-9-20(23)29/h4-12,18-19,25,30H,13-16H2,1-3H3,(H,31,35)/t18-,19-,25?/m0/s1. The molecule has 40 heavy (non-hydrogen) atoms. The van der Waals surface area contributed by atoms with Gasteiger partial charge in [-0.1, -0.05) is 62.7 Å². The number of carbonyl (C=O) groups excluding carboxylic acids is 3. The van der Waals surface area contributed by atoms with E-state index in [9.17, 15) is 22.8 Å². The summed E-state index contributed by atoms with van der Waals surface area (Å²) in [5, 5.41) is 4.03. The summed E-state index contributed by atoms with van der Waals surface area (Å²) in [4.78, 5) is 43.7. The summed E-state index contributed by atoms with van der Waals surface area (Å²) in [7, 11) is -3.96. The quantitative estimate of drug-likeness (QED) is 0.430. The molecule has 0 radical (unpaired) electrons. The molecule has 212 valence electrons. The van der Waals surface area contributed by atoms with Gasteiger partial charge in [-0.15, -0.1) is 11.3 Å². The van der Waals surface area contributed by atoms with Crippen molar-refractivity contribution in [3.63, 3.8) is 0 Å². The van der Waals surface area contributed by atoms with E-state index in [4.69, 9.17) is 11.6 Å². The Kier molecular flexibility index (Phi) is 7.68. The summed E-state index contributed by atoms with van der Waals surface area (Å²) in [6, 6.07) is 14.4. The van der Waals surface area contributed by atoms with Crippen molar-refractivity contribution in [2.24, 2.45) is 5.41 Å². The molecule has 3 amide bonds. The molecule has 3 aromatic rings. The summed E-state index contributed by atoms with van der Waals surface area (Å²) in [6.45, 7) is 5.98. The smallest absolute Gasteiger partial charge is 0.262 e. The molecule has 0 aliphatic carbocycles. The molecule has 2 saturated heterocycles. The fraction of sp³-hybridized carbons (Fsp3) is 0.393. The lowest BCUT2D eigenvalue weighted by Crippen LogP contribution is -2.59. The van der Waals surface area contributed by atoms with Gasteiger partial charge < -0.3 is 15.1 Å². The minimum atomic E-state index is -3.96. The van der Waals surface area contributed by atoms with E-state index in [0.29, 0.717) is 24.4 Å². The summed E-state index contributed by atoms with van der Waals surface area (Å²) in [5.41, 5.74) is -0.544. The monoisotopic (exact) mass is 602 g/mol. The topological polar surface area (TPSA) is 116 Å². The molecule has 5 rings (SSSR count). The number of piperazine rings is 1. The second-order valence-corrected chi connectivity index (χ2v) is 14.5. The highest BCUT2D eigenvalue weighted by atomic mass is 35.5. The summed E-state index contributed by atoms with van der Waals surface area (Å²) >= 11 is 7.40. The number of hydrogen-bond donors (Lipinski definition) is 2. The number of thiophene rings is 1. The molecule has 1 unspecified atom stereocenters. The van der Waals surface area contributed by atoms with Gasteiger partial charge in [0.05, 0.1) is 28.5 Å². The lowest BCUT2D eigenvalue weighted by Gasteiger charge is -2.39. The Bertz CT molecular complexity index is 1550. The predicted molar refractivity (Wildman–Crippen MR) is 155 cm³/mol. The van der Waals surface area contributed by atoms with Crippen molar-refractivity contribution in [1.29, 1.82) is 0 Å². The van der Waals surface area contributed by atoms with Gasteiger partial charge in [-0.2, -0.15) is 0 Å². The van der Waals surface area contributed by atoms with E-state index in [1.54, 1.807) is 21.9 Å². The first-order valence-corrected chi connectivity index (χ1v) is 15.7. The van der Waals surface area contributed by atoms with E-state index in [1.165, 1.54) is 23.5 Å². The average molecular weight is 603 g/mol. The highest BCUT2D eigenvalue weighted by Gasteiger charge is 2.49. The van der Waals surface area contributed by atoms with Gasteiger partial charge in [0.25, 0.3) is 5.91 Å². The van der Waals surface area contributed by atoms with Crippen molar-refractivity contribution in [3.05, 3.63) is 64.5 Å². The number of nitrogens with zero attached hydrogens (tertiary/aromatic N) is 2. The zero-order valence-electron chi connectivity index (χ0n) is 22.4. The molecule has 2 bridgehead atoms. The fourth-order valence-corrected chi connectivity index (χ4v) is 7.81. The van der Waals surface area contributed by atoms with Gasteiger partial charge in [0.1, 0.15) is 10.9 Å². The van der Waals surface area contributed by atoms with Crippen molar-refractivity contribution >= 4 is 60.8 Å². The Balaban J connectivity index is 1.22. The Morgan fingerprint density at radius 2 is 1.68 bits per heavy atom. The number of amides is 3. The van der Waals surface area contributed by atoms with E-state index in [-0.39, 0.29) is 39.7 Å². The van der Waals surface area contributed by atoms with Gasteiger partial charge >= 0.3 is 0 Å². The summed E-state index contributed by atoms with van der Waals surface area (Å²) in [6.07, 6.45) is 0.607. The molecule has 0 spiro atoms. The van der Waals surface area contributed by atoms with Crippen LogP contribution in [0.4, 0.5) is 0 Å². The first-order chi connectivity index (χ1) is 18.8. The van der Waals surface area contributed by atoms with Crippen LogP contribution in [0, 0.1) is 5.41 Å². The fourth-order valence-electron chi connectivity index (χ4n) is 5.35. The highest BCUT2D eigenvalue weighted by molar-refractivity contribution is 7.89. The van der Waals surface area contributed by atoms with Gasteiger partial charge in [0, 0.05) is 17.8 Å². The van der Waals surface area contributed by atoms with Crippen LogP contribution in [0.25, 0.3) is 10.1 Å². The molecule has 3 heterocycles. The first kappa shape index (κ1) is 28.5. The molecule has 12 heteroatoms. The number of benzene rings is 2. The van der Waals surface area contributed by atoms with Gasteiger partial charge in [-0.3, -0.25) is 14.4 Å². The van der Waals surface area contributed by atoms with E-state index in [1.807, 2.05) is 51.1 Å². The Labute approximate surface area is 242 Å². The zero-order chi connectivity index (χ0) is 28.8. The van der Waals surface area contributed by atoms with Crippen LogP contribution in [-0.2, 0) is 19.6 Å². The van der Waals surface area contributed by atoms with Crippen LogP contribution < -0.4 is 10.0 Å². The van der Waals surface area contributed by atoms with Crippen LogP contribution in [0.15, 0.2) is 59.5 Å². The van der Waals surface area contributed by atoms with Gasteiger partial charge in [-0.05, 0) is 41.5 Å². The number of sulfonamides is 1. The van der Waals surface area contributed by atoms with Crippen LogP contribution in [0.1, 0.15) is 36.9 Å². The molecule has 2 fully saturated rings. The molecule has 2 aliphatic heterocycles. The Hall–Kier alpha value is -2.99. The third-order valence-corrected chi connectivity index (χ3v) is 10.4. The van der Waals surface area contributed by atoms with Crippen LogP contribution in [0.3, 0.4) is 0 Å². The van der Waals surface area contributed by atoms with E-state index < -0.39 is 28.0 Å². The van der Waals surface area contributed by atoms with Crippen LogP contribution in [-0.4, -0.2) is 73.7 Å². The number of rotatable bonds is 7. The second-order valence-electron chi connectivity index (χ2n) is 11.3. The van der Waals surface area contributed by atoms with Crippen LogP contribution in [0.5, 0.6) is 0 Å². The first-order valence-electron chi connectivity index (χ1n) is 13.0. The summed E-state index contributed by atoms with van der Waals surface area (Å²) < 4.78 is 28.6. The van der Waals surface area contributed by atoms with E-state index in [0.717, 1.165) is 10.1 Å². The maximum Gasteiger partial charge on any atom is 0.262 e. The minimum Gasteiger partial charge on any atom is -0.339 e. The molecule has 2 aromatic carbocycles. The largest absolute Gasteiger partial charge is 0.339 e. The molecule has 2 N–H and O–H groups in total. The molecular weight excluding hydrogens is 572 g/mol. The lowest BCUT2D eigenvalue weighted by atomic mass is 9.85. The van der Waals surface area contributed by atoms with Crippen LogP contribution in [0.2, 0.25) is 5.02 Å². The zero-order valence-corrected chi connectivity index (χ0v) is 24.8. The molecule has 9 nitrogen and oxygen atoms in total. The number of hydrogen-bond acceptors (Lipinski definition) is 6. The lowest BCUT2D eigenvalue weighted by molar-refractivity contribution is -0.142. The van der Waals surface area contributed by atoms with Crippen molar-refractivity contribution in [1.82, 2.24) is 19.8 Å². The predicted octanol–water partition coefficient (Wildman–Crippen LogP) is 3.49. The second kappa shape index (κ2) is 10.8. The number of halogens is 1. The minimum absolute atomic E-state index is 0.0738. The Morgan fingerprint density at radius 1 is 1.02 bits per heavy atom. The molecule has 0 saturated carbocycles. The third-order valence-electron chi connectivity index (χ3n) is 7.42. The van der Waals surface area contributed by atoms with Gasteiger partial charge in [-0.25, -0.2) is 13.1 Å².